The van der Waals surface area contributed by atoms with Crippen molar-refractivity contribution in [3.8, 4) is 17.2 Å². The van der Waals surface area contributed by atoms with Crippen molar-refractivity contribution < 1.29 is 28.2 Å². The van der Waals surface area contributed by atoms with Crippen LogP contribution in [0.5, 0.6) is 17.2 Å². The number of amidine groups is 1. The highest BCUT2D eigenvalue weighted by atomic mass is 32.2. The van der Waals surface area contributed by atoms with Crippen LogP contribution in [0.25, 0.3) is 0 Å². The molecule has 11 heteroatoms. The van der Waals surface area contributed by atoms with E-state index in [1.54, 1.807) is 33.3 Å². The van der Waals surface area contributed by atoms with Gasteiger partial charge in [-0.15, -0.1) is 5.10 Å². The van der Waals surface area contributed by atoms with Gasteiger partial charge in [0, 0.05) is 18.5 Å². The van der Waals surface area contributed by atoms with Crippen molar-refractivity contribution in [1.29, 1.82) is 0 Å². The maximum atomic E-state index is 13.9. The number of methoxy groups -OCH3 is 3. The molecule has 2 aromatic carbocycles. The fourth-order valence-electron chi connectivity index (χ4n) is 3.50. The average Bonchev–Trinajstić information content (AvgIpc) is 3.12. The van der Waals surface area contributed by atoms with Gasteiger partial charge in [-0.05, 0) is 49.2 Å². The maximum absolute atomic E-state index is 13.9. The number of thioether (sulfide) groups is 1. The molecule has 2 aromatic rings. The summed E-state index contributed by atoms with van der Waals surface area (Å²) in [6.07, 6.45) is 0.499. The van der Waals surface area contributed by atoms with E-state index in [1.807, 2.05) is 12.1 Å². The Morgan fingerprint density at radius 1 is 1.06 bits per heavy atom. The number of halogens is 1. The Morgan fingerprint density at radius 3 is 2.40 bits per heavy atom. The van der Waals surface area contributed by atoms with E-state index in [2.05, 4.69) is 10.2 Å². The molecule has 1 unspecified atom stereocenters. The van der Waals surface area contributed by atoms with Crippen LogP contribution in [0.3, 0.4) is 0 Å². The summed E-state index contributed by atoms with van der Waals surface area (Å²) in [5.41, 5.74) is 7.78. The summed E-state index contributed by atoms with van der Waals surface area (Å²) in [5.74, 6) is 0.195. The van der Waals surface area contributed by atoms with Crippen molar-refractivity contribution in [2.24, 2.45) is 15.9 Å². The van der Waals surface area contributed by atoms with Crippen molar-refractivity contribution in [3.63, 3.8) is 0 Å². The van der Waals surface area contributed by atoms with Gasteiger partial charge < -0.3 is 19.9 Å². The highest BCUT2D eigenvalue weighted by Crippen LogP contribution is 2.29. The summed E-state index contributed by atoms with van der Waals surface area (Å²) < 4.78 is 29.3. The van der Waals surface area contributed by atoms with Gasteiger partial charge in [0.05, 0.1) is 27.0 Å². The number of carbonyl (C=O) groups is 2. The van der Waals surface area contributed by atoms with E-state index in [0.717, 1.165) is 17.3 Å². The van der Waals surface area contributed by atoms with Crippen molar-refractivity contribution in [2.75, 3.05) is 27.9 Å². The number of ether oxygens (including phenoxy) is 3. The SMILES string of the molecule is COc1ccc(C(C)=NN=C(N)SC2CC(=O)N(CCc3ccc(OC)c(OC)c3)C2=O)cc1F. The molecule has 1 heterocycles. The first-order valence-corrected chi connectivity index (χ1v) is 11.6. The molecule has 0 spiro atoms. The molecule has 1 aliphatic heterocycles. The second-order valence-electron chi connectivity index (χ2n) is 7.61. The van der Waals surface area contributed by atoms with Crippen molar-refractivity contribution in [3.05, 3.63) is 53.3 Å². The Kier molecular flexibility index (Phi) is 8.69. The Balaban J connectivity index is 1.61. The molecule has 35 heavy (non-hydrogen) atoms. The molecular weight excluding hydrogens is 475 g/mol. The number of rotatable bonds is 9. The first kappa shape index (κ1) is 26.0. The molecular formula is C24H27FN4O5S. The Hall–Kier alpha value is -3.60. The number of imide groups is 1. The molecule has 1 fully saturated rings. The molecule has 9 nitrogen and oxygen atoms in total. The van der Waals surface area contributed by atoms with Crippen LogP contribution in [0.4, 0.5) is 4.39 Å². The van der Waals surface area contributed by atoms with Gasteiger partial charge in [-0.2, -0.15) is 5.10 Å². The maximum Gasteiger partial charge on any atom is 0.243 e. The van der Waals surface area contributed by atoms with E-state index < -0.39 is 11.1 Å². The molecule has 1 aliphatic rings. The Bertz CT molecular complexity index is 1170. The topological polar surface area (TPSA) is 116 Å². The van der Waals surface area contributed by atoms with Crippen molar-refractivity contribution >= 4 is 34.5 Å². The van der Waals surface area contributed by atoms with Gasteiger partial charge in [-0.1, -0.05) is 17.8 Å². The first-order valence-electron chi connectivity index (χ1n) is 10.7. The van der Waals surface area contributed by atoms with Gasteiger partial charge in [0.25, 0.3) is 0 Å². The van der Waals surface area contributed by atoms with Crippen LogP contribution in [0, 0.1) is 5.82 Å². The zero-order valence-corrected chi connectivity index (χ0v) is 20.7. The Morgan fingerprint density at radius 2 is 1.74 bits per heavy atom. The van der Waals surface area contributed by atoms with Crippen LogP contribution < -0.4 is 19.9 Å². The third kappa shape index (κ3) is 6.30. The van der Waals surface area contributed by atoms with E-state index in [4.69, 9.17) is 19.9 Å². The average molecular weight is 503 g/mol. The van der Waals surface area contributed by atoms with Gasteiger partial charge in [0.1, 0.15) is 5.25 Å². The first-order chi connectivity index (χ1) is 16.8. The molecule has 186 valence electrons. The molecule has 2 amide bonds. The fourth-order valence-corrected chi connectivity index (χ4v) is 4.33. The zero-order chi connectivity index (χ0) is 25.5. The predicted octanol–water partition coefficient (Wildman–Crippen LogP) is 2.99. The van der Waals surface area contributed by atoms with E-state index in [9.17, 15) is 14.0 Å². The zero-order valence-electron chi connectivity index (χ0n) is 19.9. The van der Waals surface area contributed by atoms with E-state index in [1.165, 1.54) is 24.1 Å². The van der Waals surface area contributed by atoms with E-state index in [0.29, 0.717) is 29.2 Å². The molecule has 0 radical (unpaired) electrons. The summed E-state index contributed by atoms with van der Waals surface area (Å²) in [6.45, 7) is 1.89. The molecule has 1 saturated heterocycles. The molecule has 0 bridgehead atoms. The molecule has 2 N–H and O–H groups in total. The van der Waals surface area contributed by atoms with Gasteiger partial charge in [-0.3, -0.25) is 14.5 Å². The summed E-state index contributed by atoms with van der Waals surface area (Å²) in [4.78, 5) is 26.5. The van der Waals surface area contributed by atoms with Crippen LogP contribution >= 0.6 is 11.8 Å². The van der Waals surface area contributed by atoms with Crippen LogP contribution in [0.1, 0.15) is 24.5 Å². The minimum Gasteiger partial charge on any atom is -0.494 e. The smallest absolute Gasteiger partial charge is 0.243 e. The lowest BCUT2D eigenvalue weighted by Gasteiger charge is -2.15. The molecule has 0 aromatic heterocycles. The van der Waals surface area contributed by atoms with E-state index in [-0.39, 0.29) is 35.7 Å². The standard InChI is InChI=1S/C24H27FN4O5S/c1-14(16-6-8-18(32-2)17(25)12-16)27-28-24(26)35-21-13-22(30)29(23(21)31)10-9-15-5-7-19(33-3)20(11-15)34-4/h5-8,11-12,21H,9-10,13H2,1-4H3,(H2,26,28). The van der Waals surface area contributed by atoms with Crippen molar-refractivity contribution in [1.82, 2.24) is 4.90 Å². The number of benzene rings is 2. The van der Waals surface area contributed by atoms with Crippen LogP contribution in [0.15, 0.2) is 46.6 Å². The lowest BCUT2D eigenvalue weighted by Crippen LogP contribution is -2.33. The van der Waals surface area contributed by atoms with Crippen LogP contribution in [-0.2, 0) is 16.0 Å². The predicted molar refractivity (Wildman–Crippen MR) is 133 cm³/mol. The normalized spacial score (nSPS) is 16.6. The minimum absolute atomic E-state index is 0.0258. The second kappa shape index (κ2) is 11.7. The third-order valence-corrected chi connectivity index (χ3v) is 6.38. The number of amides is 2. The molecule has 1 atom stereocenters. The van der Waals surface area contributed by atoms with Gasteiger partial charge in [0.2, 0.25) is 11.8 Å². The number of hydrogen-bond donors (Lipinski definition) is 1. The number of nitrogens with two attached hydrogens (primary N) is 1. The molecule has 3 rings (SSSR count). The summed E-state index contributed by atoms with van der Waals surface area (Å²) in [6, 6.07) is 9.88. The van der Waals surface area contributed by atoms with Crippen LogP contribution in [-0.4, -0.2) is 60.7 Å². The fraction of sp³-hybridized carbons (Fsp3) is 0.333. The molecule has 0 aliphatic carbocycles. The van der Waals surface area contributed by atoms with Crippen LogP contribution in [0.2, 0.25) is 0 Å². The second-order valence-corrected chi connectivity index (χ2v) is 8.83. The number of hydrogen-bond acceptors (Lipinski definition) is 8. The highest BCUT2D eigenvalue weighted by molar-refractivity contribution is 8.14. The third-order valence-electron chi connectivity index (χ3n) is 5.41. The Labute approximate surface area is 207 Å². The number of carbonyl (C=O) groups excluding carboxylic acids is 2. The summed E-state index contributed by atoms with van der Waals surface area (Å²) in [5, 5.41) is 7.31. The lowest BCUT2D eigenvalue weighted by atomic mass is 10.1. The van der Waals surface area contributed by atoms with Gasteiger partial charge in [-0.25, -0.2) is 4.39 Å². The summed E-state index contributed by atoms with van der Waals surface area (Å²) >= 11 is 0.980. The van der Waals surface area contributed by atoms with Gasteiger partial charge in [0.15, 0.2) is 28.2 Å². The monoisotopic (exact) mass is 502 g/mol. The minimum atomic E-state index is -0.675. The quantitative estimate of drug-likeness (QED) is 0.243. The van der Waals surface area contributed by atoms with Gasteiger partial charge >= 0.3 is 0 Å². The largest absolute Gasteiger partial charge is 0.494 e. The number of likely N-dealkylation sites (tertiary alicyclic amines) is 1. The molecule has 0 saturated carbocycles. The summed E-state index contributed by atoms with van der Waals surface area (Å²) in [7, 11) is 4.48. The lowest BCUT2D eigenvalue weighted by molar-refractivity contribution is -0.138. The highest BCUT2D eigenvalue weighted by Gasteiger charge is 2.39. The van der Waals surface area contributed by atoms with E-state index >= 15 is 0 Å². The van der Waals surface area contributed by atoms with Crippen molar-refractivity contribution in [2.45, 2.75) is 25.0 Å². The number of nitrogens with zero attached hydrogens (tertiary/aromatic N) is 3.